The maximum absolute atomic E-state index is 12.2. The quantitative estimate of drug-likeness (QED) is 0.323. The summed E-state index contributed by atoms with van der Waals surface area (Å²) in [6, 6.07) is 8.39. The van der Waals surface area contributed by atoms with Crippen molar-refractivity contribution < 1.29 is 14.3 Å². The van der Waals surface area contributed by atoms with E-state index in [-0.39, 0.29) is 17.6 Å². The van der Waals surface area contributed by atoms with E-state index in [1.165, 1.54) is 0 Å². The van der Waals surface area contributed by atoms with Crippen molar-refractivity contribution in [3.63, 3.8) is 0 Å². The van der Waals surface area contributed by atoms with Gasteiger partial charge in [-0.2, -0.15) is 0 Å². The zero-order chi connectivity index (χ0) is 27.2. The van der Waals surface area contributed by atoms with E-state index < -0.39 is 5.54 Å². The molecule has 0 bridgehead atoms. The number of nitrogens with zero attached hydrogens (tertiary/aromatic N) is 2. The van der Waals surface area contributed by atoms with Gasteiger partial charge in [0.1, 0.15) is 17.2 Å². The van der Waals surface area contributed by atoms with Gasteiger partial charge in [-0.25, -0.2) is 9.97 Å². The summed E-state index contributed by atoms with van der Waals surface area (Å²) in [4.78, 5) is 21.5. The van der Waals surface area contributed by atoms with E-state index in [1.54, 1.807) is 6.20 Å². The van der Waals surface area contributed by atoms with E-state index >= 15 is 0 Å². The SMILES string of the molecule is CCOC(=O)C(C)(C)N[C@H]1CC[C@H](Nc2cc(-c3cccc(NCC4(N)CCOCC4)n3)c(Cl)cn2)CC1. The molecule has 3 heterocycles. The molecule has 1 aliphatic heterocycles. The molecule has 0 aromatic carbocycles. The zero-order valence-corrected chi connectivity index (χ0v) is 23.4. The lowest BCUT2D eigenvalue weighted by Gasteiger charge is -2.35. The van der Waals surface area contributed by atoms with E-state index in [0.29, 0.717) is 37.4 Å². The summed E-state index contributed by atoms with van der Waals surface area (Å²) < 4.78 is 10.7. The fourth-order valence-electron chi connectivity index (χ4n) is 5.09. The standard InChI is InChI=1S/C28H41ClN6O3/c1-4-38-26(36)27(2,3)35-20-10-8-19(9-11-20)33-25-16-21(22(29)17-31-25)23-6-5-7-24(34-23)32-18-28(30)12-14-37-15-13-28/h5-7,16-17,19-20,35H,4,8-15,18,30H2,1-3H3,(H,31,33)(H,32,34)/t19-,20-. The summed E-state index contributed by atoms with van der Waals surface area (Å²) in [5, 5.41) is 11.0. The third-order valence-electron chi connectivity index (χ3n) is 7.42. The second-order valence-corrected chi connectivity index (χ2v) is 11.4. The molecule has 5 N–H and O–H groups in total. The summed E-state index contributed by atoms with van der Waals surface area (Å²) in [6.45, 7) is 8.00. The lowest BCUT2D eigenvalue weighted by atomic mass is 9.89. The number of nitrogens with one attached hydrogen (secondary N) is 3. The molecule has 2 fully saturated rings. The highest BCUT2D eigenvalue weighted by molar-refractivity contribution is 6.33. The number of carbonyl (C=O) groups excluding carboxylic acids is 1. The summed E-state index contributed by atoms with van der Waals surface area (Å²) in [7, 11) is 0. The van der Waals surface area contributed by atoms with Crippen LogP contribution in [-0.2, 0) is 14.3 Å². The number of carbonyl (C=O) groups is 1. The van der Waals surface area contributed by atoms with Crippen LogP contribution < -0.4 is 21.7 Å². The Balaban J connectivity index is 1.35. The van der Waals surface area contributed by atoms with Crippen molar-refractivity contribution in [3.05, 3.63) is 35.5 Å². The Bertz CT molecular complexity index is 1080. The first kappa shape index (κ1) is 28.5. The van der Waals surface area contributed by atoms with Crippen LogP contribution in [0.4, 0.5) is 11.6 Å². The highest BCUT2D eigenvalue weighted by Gasteiger charge is 2.33. The number of pyridine rings is 2. The van der Waals surface area contributed by atoms with Crippen molar-refractivity contribution in [3.8, 4) is 11.3 Å². The molecule has 0 amide bonds. The molecule has 10 heteroatoms. The van der Waals surface area contributed by atoms with Crippen LogP contribution in [0.15, 0.2) is 30.5 Å². The lowest BCUT2D eigenvalue weighted by Crippen LogP contribution is -2.53. The van der Waals surface area contributed by atoms with Crippen LogP contribution >= 0.6 is 11.6 Å². The summed E-state index contributed by atoms with van der Waals surface area (Å²) in [6.07, 6.45) is 7.19. The van der Waals surface area contributed by atoms with Crippen molar-refractivity contribution >= 4 is 29.2 Å². The maximum Gasteiger partial charge on any atom is 0.325 e. The Hall–Kier alpha value is -2.46. The molecule has 2 aromatic heterocycles. The lowest BCUT2D eigenvalue weighted by molar-refractivity contribution is -0.150. The summed E-state index contributed by atoms with van der Waals surface area (Å²) in [5.41, 5.74) is 7.14. The third kappa shape index (κ3) is 7.56. The van der Waals surface area contributed by atoms with Gasteiger partial charge >= 0.3 is 5.97 Å². The van der Waals surface area contributed by atoms with Crippen LogP contribution in [0.25, 0.3) is 11.3 Å². The molecule has 2 aliphatic rings. The number of esters is 1. The molecule has 0 spiro atoms. The van der Waals surface area contributed by atoms with Gasteiger partial charge in [0.15, 0.2) is 0 Å². The maximum atomic E-state index is 12.2. The van der Waals surface area contributed by atoms with Gasteiger partial charge in [0.05, 0.1) is 17.3 Å². The van der Waals surface area contributed by atoms with Gasteiger partial charge in [0, 0.05) is 49.1 Å². The van der Waals surface area contributed by atoms with E-state index in [0.717, 1.165) is 61.4 Å². The summed E-state index contributed by atoms with van der Waals surface area (Å²) in [5.74, 6) is 1.32. The smallest absolute Gasteiger partial charge is 0.325 e. The molecule has 0 unspecified atom stereocenters. The number of nitrogens with two attached hydrogens (primary N) is 1. The molecule has 2 aromatic rings. The van der Waals surface area contributed by atoms with Crippen LogP contribution in [0.5, 0.6) is 0 Å². The Morgan fingerprint density at radius 2 is 1.89 bits per heavy atom. The number of hydrogen-bond donors (Lipinski definition) is 4. The van der Waals surface area contributed by atoms with Gasteiger partial charge in [-0.1, -0.05) is 17.7 Å². The average molecular weight is 545 g/mol. The van der Waals surface area contributed by atoms with E-state index in [1.807, 2.05) is 45.0 Å². The van der Waals surface area contributed by atoms with Gasteiger partial charge in [-0.15, -0.1) is 0 Å². The minimum atomic E-state index is -0.695. The molecule has 1 saturated carbocycles. The van der Waals surface area contributed by atoms with E-state index in [9.17, 15) is 4.79 Å². The van der Waals surface area contributed by atoms with Gasteiger partial charge in [0.2, 0.25) is 0 Å². The van der Waals surface area contributed by atoms with Gasteiger partial charge < -0.3 is 25.8 Å². The Kier molecular flexibility index (Phi) is 9.46. The van der Waals surface area contributed by atoms with Crippen molar-refractivity contribution in [2.45, 2.75) is 82.5 Å². The van der Waals surface area contributed by atoms with Gasteiger partial charge in [-0.3, -0.25) is 10.1 Å². The highest BCUT2D eigenvalue weighted by atomic mass is 35.5. The largest absolute Gasteiger partial charge is 0.465 e. The van der Waals surface area contributed by atoms with Crippen LogP contribution in [0, 0.1) is 0 Å². The summed E-state index contributed by atoms with van der Waals surface area (Å²) >= 11 is 6.54. The first-order valence-electron chi connectivity index (χ1n) is 13.6. The van der Waals surface area contributed by atoms with Crippen molar-refractivity contribution in [1.82, 2.24) is 15.3 Å². The molecule has 4 rings (SSSR count). The normalized spacial score (nSPS) is 21.5. The molecule has 0 radical (unpaired) electrons. The minimum Gasteiger partial charge on any atom is -0.465 e. The Labute approximate surface area is 230 Å². The van der Waals surface area contributed by atoms with Crippen LogP contribution in [0.1, 0.15) is 59.3 Å². The monoisotopic (exact) mass is 544 g/mol. The minimum absolute atomic E-state index is 0.211. The Morgan fingerprint density at radius 1 is 1.18 bits per heavy atom. The number of aromatic nitrogens is 2. The molecule has 1 aliphatic carbocycles. The van der Waals surface area contributed by atoms with Crippen LogP contribution in [-0.4, -0.2) is 65.5 Å². The first-order valence-corrected chi connectivity index (χ1v) is 14.0. The second kappa shape index (κ2) is 12.6. The van der Waals surface area contributed by atoms with Gasteiger partial charge in [0.25, 0.3) is 0 Å². The number of ether oxygens (including phenoxy) is 2. The van der Waals surface area contributed by atoms with Crippen LogP contribution in [0.2, 0.25) is 5.02 Å². The topological polar surface area (TPSA) is 123 Å². The van der Waals surface area contributed by atoms with E-state index in [2.05, 4.69) is 20.9 Å². The number of hydrogen-bond acceptors (Lipinski definition) is 9. The van der Waals surface area contributed by atoms with Crippen molar-refractivity contribution in [2.75, 3.05) is 37.0 Å². The molecule has 0 atom stereocenters. The fourth-order valence-corrected chi connectivity index (χ4v) is 5.29. The molecular weight excluding hydrogens is 504 g/mol. The van der Waals surface area contributed by atoms with Crippen molar-refractivity contribution in [1.29, 1.82) is 0 Å². The number of halogens is 1. The van der Waals surface area contributed by atoms with Gasteiger partial charge in [-0.05, 0) is 77.5 Å². The molecule has 38 heavy (non-hydrogen) atoms. The molecule has 208 valence electrons. The van der Waals surface area contributed by atoms with Crippen LogP contribution in [0.3, 0.4) is 0 Å². The second-order valence-electron chi connectivity index (χ2n) is 11.0. The predicted octanol–water partition coefficient (Wildman–Crippen LogP) is 4.37. The van der Waals surface area contributed by atoms with E-state index in [4.69, 9.17) is 31.8 Å². The predicted molar refractivity (Wildman–Crippen MR) is 151 cm³/mol. The zero-order valence-electron chi connectivity index (χ0n) is 22.7. The molecular formula is C28H41ClN6O3. The van der Waals surface area contributed by atoms with Crippen molar-refractivity contribution in [2.24, 2.45) is 5.73 Å². The first-order chi connectivity index (χ1) is 18.2. The third-order valence-corrected chi connectivity index (χ3v) is 7.72. The highest BCUT2D eigenvalue weighted by Crippen LogP contribution is 2.31. The molecule has 1 saturated heterocycles. The number of anilines is 2. The number of rotatable bonds is 10. The Morgan fingerprint density at radius 3 is 2.61 bits per heavy atom. The fraction of sp³-hybridized carbons (Fsp3) is 0.607. The average Bonchev–Trinajstić information content (AvgIpc) is 2.90. The molecule has 9 nitrogen and oxygen atoms in total.